The van der Waals surface area contributed by atoms with Gasteiger partial charge in [0.15, 0.2) is 0 Å². The minimum Gasteiger partial charge on any atom is -0.489 e. The summed E-state index contributed by atoms with van der Waals surface area (Å²) in [5.74, 6) is 1.54. The number of ether oxygens (including phenoxy) is 2. The second-order valence-electron chi connectivity index (χ2n) is 4.05. The van der Waals surface area contributed by atoms with Crippen LogP contribution in [0.5, 0.6) is 11.5 Å². The predicted molar refractivity (Wildman–Crippen MR) is 82.5 cm³/mol. The van der Waals surface area contributed by atoms with E-state index in [1.165, 1.54) is 0 Å². The Bertz CT molecular complexity index is 546. The average Bonchev–Trinajstić information content (AvgIpc) is 2.47. The van der Waals surface area contributed by atoms with E-state index < -0.39 is 0 Å². The quantitative estimate of drug-likeness (QED) is 0.750. The molecule has 2 rings (SSSR count). The van der Waals surface area contributed by atoms with Gasteiger partial charge in [-0.25, -0.2) is 0 Å². The third kappa shape index (κ3) is 5.16. The summed E-state index contributed by atoms with van der Waals surface area (Å²) in [5, 5.41) is 0. The molecule has 4 heteroatoms. The molecular formula is C16H14Cl2O2. The van der Waals surface area contributed by atoms with Crippen molar-refractivity contribution >= 4 is 23.2 Å². The molecule has 0 amide bonds. The number of halogens is 2. The molecule has 2 nitrogen and oxygen atoms in total. The molecule has 0 saturated heterocycles. The van der Waals surface area contributed by atoms with Crippen molar-refractivity contribution in [3.05, 3.63) is 70.7 Å². The van der Waals surface area contributed by atoms with Crippen molar-refractivity contribution < 1.29 is 9.47 Å². The third-order valence-corrected chi connectivity index (χ3v) is 2.87. The SMILES string of the molecule is ClC(Cl)=CCOc1ccc(OCc2ccccc2)cc1. The lowest BCUT2D eigenvalue weighted by Crippen LogP contribution is -1.96. The van der Waals surface area contributed by atoms with Gasteiger partial charge in [-0.1, -0.05) is 53.5 Å². The van der Waals surface area contributed by atoms with E-state index in [9.17, 15) is 0 Å². The van der Waals surface area contributed by atoms with Crippen molar-refractivity contribution in [2.45, 2.75) is 6.61 Å². The molecule has 0 aliphatic carbocycles. The minimum absolute atomic E-state index is 0.202. The first-order valence-corrected chi connectivity index (χ1v) is 6.90. The highest BCUT2D eigenvalue weighted by Crippen LogP contribution is 2.19. The van der Waals surface area contributed by atoms with E-state index in [1.807, 2.05) is 54.6 Å². The first kappa shape index (κ1) is 14.8. The number of rotatable bonds is 6. The lowest BCUT2D eigenvalue weighted by Gasteiger charge is -2.07. The maximum absolute atomic E-state index is 5.68. The van der Waals surface area contributed by atoms with E-state index in [-0.39, 0.29) is 4.49 Å². The molecular weight excluding hydrogens is 295 g/mol. The highest BCUT2D eigenvalue weighted by atomic mass is 35.5. The molecule has 0 spiro atoms. The Labute approximate surface area is 128 Å². The van der Waals surface area contributed by atoms with Gasteiger partial charge < -0.3 is 9.47 Å². The van der Waals surface area contributed by atoms with Crippen LogP contribution in [0, 0.1) is 0 Å². The maximum Gasteiger partial charge on any atom is 0.120 e. The first-order chi connectivity index (χ1) is 9.74. The van der Waals surface area contributed by atoms with E-state index in [2.05, 4.69) is 0 Å². The van der Waals surface area contributed by atoms with E-state index in [0.29, 0.717) is 13.2 Å². The van der Waals surface area contributed by atoms with Gasteiger partial charge in [-0.15, -0.1) is 0 Å². The van der Waals surface area contributed by atoms with Crippen LogP contribution in [-0.2, 0) is 6.61 Å². The number of hydrogen-bond donors (Lipinski definition) is 0. The van der Waals surface area contributed by atoms with Gasteiger partial charge in [0.25, 0.3) is 0 Å². The molecule has 0 heterocycles. The topological polar surface area (TPSA) is 18.5 Å². The Morgan fingerprint density at radius 3 is 2.05 bits per heavy atom. The Morgan fingerprint density at radius 2 is 1.45 bits per heavy atom. The smallest absolute Gasteiger partial charge is 0.120 e. The van der Waals surface area contributed by atoms with Crippen LogP contribution in [0.1, 0.15) is 5.56 Å². The predicted octanol–water partition coefficient (Wildman–Crippen LogP) is 4.96. The molecule has 104 valence electrons. The molecule has 2 aromatic rings. The van der Waals surface area contributed by atoms with Crippen LogP contribution >= 0.6 is 23.2 Å². The van der Waals surface area contributed by atoms with Crippen LogP contribution in [0.2, 0.25) is 0 Å². The summed E-state index contributed by atoms with van der Waals surface area (Å²) in [7, 11) is 0. The van der Waals surface area contributed by atoms with E-state index in [0.717, 1.165) is 17.1 Å². The highest BCUT2D eigenvalue weighted by Gasteiger charge is 1.97. The van der Waals surface area contributed by atoms with Gasteiger partial charge in [0.1, 0.15) is 29.2 Å². The van der Waals surface area contributed by atoms with E-state index in [1.54, 1.807) is 6.08 Å². The van der Waals surface area contributed by atoms with Crippen molar-refractivity contribution in [1.82, 2.24) is 0 Å². The molecule has 0 unspecified atom stereocenters. The van der Waals surface area contributed by atoms with Gasteiger partial charge >= 0.3 is 0 Å². The number of hydrogen-bond acceptors (Lipinski definition) is 2. The summed E-state index contributed by atoms with van der Waals surface area (Å²) in [6.07, 6.45) is 1.59. The van der Waals surface area contributed by atoms with Crippen LogP contribution in [0.25, 0.3) is 0 Å². The average molecular weight is 309 g/mol. The Balaban J connectivity index is 1.84. The van der Waals surface area contributed by atoms with Gasteiger partial charge in [-0.05, 0) is 35.9 Å². The summed E-state index contributed by atoms with van der Waals surface area (Å²) in [6.45, 7) is 0.887. The van der Waals surface area contributed by atoms with Crippen LogP contribution in [0.15, 0.2) is 65.2 Å². The summed E-state index contributed by atoms with van der Waals surface area (Å²) >= 11 is 11.0. The van der Waals surface area contributed by atoms with Crippen molar-refractivity contribution in [3.63, 3.8) is 0 Å². The van der Waals surface area contributed by atoms with Gasteiger partial charge in [-0.2, -0.15) is 0 Å². The fraction of sp³-hybridized carbons (Fsp3) is 0.125. The summed E-state index contributed by atoms with van der Waals surface area (Å²) < 4.78 is 11.3. The Morgan fingerprint density at radius 1 is 0.850 bits per heavy atom. The zero-order valence-electron chi connectivity index (χ0n) is 10.8. The van der Waals surface area contributed by atoms with E-state index >= 15 is 0 Å². The molecule has 2 aromatic carbocycles. The minimum atomic E-state index is 0.202. The second-order valence-corrected chi connectivity index (χ2v) is 5.06. The van der Waals surface area contributed by atoms with E-state index in [4.69, 9.17) is 32.7 Å². The summed E-state index contributed by atoms with van der Waals surface area (Å²) in [4.78, 5) is 0. The molecule has 0 aliphatic heterocycles. The lowest BCUT2D eigenvalue weighted by atomic mass is 10.2. The van der Waals surface area contributed by atoms with Gasteiger partial charge in [0, 0.05) is 0 Å². The molecule has 0 bridgehead atoms. The molecule has 0 aromatic heterocycles. The normalized spacial score (nSPS) is 9.90. The van der Waals surface area contributed by atoms with Crippen LogP contribution in [0.3, 0.4) is 0 Å². The fourth-order valence-electron chi connectivity index (χ4n) is 1.57. The zero-order chi connectivity index (χ0) is 14.2. The van der Waals surface area contributed by atoms with Crippen molar-refractivity contribution in [2.75, 3.05) is 6.61 Å². The van der Waals surface area contributed by atoms with Gasteiger partial charge in [-0.3, -0.25) is 0 Å². The number of benzene rings is 2. The highest BCUT2D eigenvalue weighted by molar-refractivity contribution is 6.55. The second kappa shape index (κ2) is 7.83. The molecule has 0 atom stereocenters. The standard InChI is InChI=1S/C16H14Cl2O2/c17-16(18)10-11-19-14-6-8-15(9-7-14)20-12-13-4-2-1-3-5-13/h1-10H,11-12H2. The largest absolute Gasteiger partial charge is 0.489 e. The van der Waals surface area contributed by atoms with Crippen molar-refractivity contribution in [3.8, 4) is 11.5 Å². The third-order valence-electron chi connectivity index (χ3n) is 2.56. The molecule has 0 N–H and O–H groups in total. The molecule has 0 fully saturated rings. The summed E-state index contributed by atoms with van der Waals surface area (Å²) in [6, 6.07) is 17.4. The Hall–Kier alpha value is -1.64. The molecule has 0 aliphatic rings. The zero-order valence-corrected chi connectivity index (χ0v) is 12.3. The maximum atomic E-state index is 5.68. The van der Waals surface area contributed by atoms with Gasteiger partial charge in [0.2, 0.25) is 0 Å². The van der Waals surface area contributed by atoms with Crippen LogP contribution < -0.4 is 9.47 Å². The van der Waals surface area contributed by atoms with Crippen LogP contribution in [-0.4, -0.2) is 6.61 Å². The fourth-order valence-corrected chi connectivity index (χ4v) is 1.70. The summed E-state index contributed by atoms with van der Waals surface area (Å²) in [5.41, 5.74) is 1.13. The van der Waals surface area contributed by atoms with Crippen molar-refractivity contribution in [1.29, 1.82) is 0 Å². The van der Waals surface area contributed by atoms with Crippen LogP contribution in [0.4, 0.5) is 0 Å². The first-order valence-electron chi connectivity index (χ1n) is 6.15. The van der Waals surface area contributed by atoms with Crippen molar-refractivity contribution in [2.24, 2.45) is 0 Å². The molecule has 0 saturated carbocycles. The monoisotopic (exact) mass is 308 g/mol. The molecule has 20 heavy (non-hydrogen) atoms. The Kier molecular flexibility index (Phi) is 5.78. The lowest BCUT2D eigenvalue weighted by molar-refractivity contribution is 0.305. The van der Waals surface area contributed by atoms with Gasteiger partial charge in [0.05, 0.1) is 0 Å². The molecule has 0 radical (unpaired) electrons.